The fraction of sp³-hybridized carbons (Fsp3) is 0.200. The molecule has 7 nitrogen and oxygen atoms in total. The van der Waals surface area contributed by atoms with Gasteiger partial charge in [0, 0.05) is 24.5 Å². The molecule has 0 bridgehead atoms. The second-order valence-corrected chi connectivity index (χ2v) is 8.62. The fourth-order valence-electron chi connectivity index (χ4n) is 3.56. The summed E-state index contributed by atoms with van der Waals surface area (Å²) in [5.41, 5.74) is 2.99. The molecular weight excluding hydrogens is 380 g/mol. The minimum atomic E-state index is -3.78. The van der Waals surface area contributed by atoms with Crippen molar-refractivity contribution in [3.63, 3.8) is 0 Å². The lowest BCUT2D eigenvalue weighted by atomic mass is 10.1. The maximum atomic E-state index is 12.8. The molecule has 0 unspecified atom stereocenters. The van der Waals surface area contributed by atoms with Crippen LogP contribution in [0, 0.1) is 6.92 Å². The molecule has 0 fully saturated rings. The van der Waals surface area contributed by atoms with Crippen molar-refractivity contribution < 1.29 is 18.3 Å². The molecular formula is C20H17N2O5S-. The van der Waals surface area contributed by atoms with Gasteiger partial charge in [-0.25, -0.2) is 13.1 Å². The van der Waals surface area contributed by atoms with Gasteiger partial charge in [0.1, 0.15) is 0 Å². The Labute approximate surface area is 161 Å². The van der Waals surface area contributed by atoms with Crippen LogP contribution in [0.15, 0.2) is 52.2 Å². The standard InChI is InChI=1S/C20H18N2O5S/c1-12-8-18(23)22-7-6-15-9-16(10-17(12)19(15)22)28(26,27)21-11-13-2-4-14(5-3-13)20(24)25/h2-5,8-10,21H,6-7,11H2,1H3,(H,24,25)/p-1. The molecule has 0 aliphatic carbocycles. The number of aromatic nitrogens is 1. The molecule has 1 aliphatic heterocycles. The number of carboxylic acids is 1. The third-order valence-corrected chi connectivity index (χ3v) is 6.41. The first-order valence-electron chi connectivity index (χ1n) is 8.73. The van der Waals surface area contributed by atoms with E-state index in [-0.39, 0.29) is 22.6 Å². The minimum absolute atomic E-state index is 0.0293. The van der Waals surface area contributed by atoms with Gasteiger partial charge in [-0.3, -0.25) is 4.79 Å². The van der Waals surface area contributed by atoms with Crippen LogP contribution in [0.1, 0.15) is 27.0 Å². The average molecular weight is 397 g/mol. The van der Waals surface area contributed by atoms with Crippen LogP contribution in [0.5, 0.6) is 0 Å². The van der Waals surface area contributed by atoms with Gasteiger partial charge in [0.15, 0.2) is 0 Å². The highest BCUT2D eigenvalue weighted by Crippen LogP contribution is 2.29. The molecule has 0 atom stereocenters. The molecule has 0 amide bonds. The Morgan fingerprint density at radius 3 is 2.57 bits per heavy atom. The Bertz CT molecular complexity index is 1270. The second-order valence-electron chi connectivity index (χ2n) is 6.85. The number of nitrogens with zero attached hydrogens (tertiary/aromatic N) is 1. The van der Waals surface area contributed by atoms with Crippen LogP contribution in [-0.2, 0) is 29.5 Å². The number of pyridine rings is 1. The molecule has 1 N–H and O–H groups in total. The summed E-state index contributed by atoms with van der Waals surface area (Å²) in [5, 5.41) is 11.5. The Kier molecular flexibility index (Phi) is 4.32. The molecule has 0 spiro atoms. The summed E-state index contributed by atoms with van der Waals surface area (Å²) in [7, 11) is -3.78. The zero-order valence-electron chi connectivity index (χ0n) is 15.1. The van der Waals surface area contributed by atoms with E-state index in [0.717, 1.165) is 22.0 Å². The lowest BCUT2D eigenvalue weighted by Gasteiger charge is -2.11. The van der Waals surface area contributed by atoms with Crippen molar-refractivity contribution in [2.45, 2.75) is 31.3 Å². The van der Waals surface area contributed by atoms with Crippen LogP contribution in [0.2, 0.25) is 0 Å². The molecule has 1 aliphatic rings. The molecule has 0 radical (unpaired) electrons. The molecule has 3 aromatic rings. The number of carboxylic acid groups (broad SMARTS) is 1. The smallest absolute Gasteiger partial charge is 0.251 e. The van der Waals surface area contributed by atoms with Crippen LogP contribution in [-0.4, -0.2) is 19.0 Å². The summed E-state index contributed by atoms with van der Waals surface area (Å²) in [6.07, 6.45) is 0.614. The maximum Gasteiger partial charge on any atom is 0.251 e. The third-order valence-electron chi connectivity index (χ3n) is 5.03. The summed E-state index contributed by atoms with van der Waals surface area (Å²) in [6, 6.07) is 10.6. The van der Waals surface area contributed by atoms with E-state index in [2.05, 4.69) is 4.72 Å². The Hall–Kier alpha value is -2.97. The monoisotopic (exact) mass is 397 g/mol. The lowest BCUT2D eigenvalue weighted by molar-refractivity contribution is -0.255. The lowest BCUT2D eigenvalue weighted by Crippen LogP contribution is -2.24. The van der Waals surface area contributed by atoms with E-state index in [1.807, 2.05) is 0 Å². The first-order chi connectivity index (χ1) is 13.3. The Morgan fingerprint density at radius 1 is 1.18 bits per heavy atom. The number of hydrogen-bond acceptors (Lipinski definition) is 5. The average Bonchev–Trinajstić information content (AvgIpc) is 3.09. The van der Waals surface area contributed by atoms with Crippen LogP contribution < -0.4 is 15.4 Å². The van der Waals surface area contributed by atoms with Gasteiger partial charge >= 0.3 is 0 Å². The van der Waals surface area contributed by atoms with Gasteiger partial charge < -0.3 is 14.5 Å². The van der Waals surface area contributed by atoms with E-state index >= 15 is 0 Å². The largest absolute Gasteiger partial charge is 0.545 e. The van der Waals surface area contributed by atoms with E-state index in [1.165, 1.54) is 30.3 Å². The molecule has 2 aromatic carbocycles. The van der Waals surface area contributed by atoms with Crippen molar-refractivity contribution in [1.29, 1.82) is 0 Å². The number of carbonyl (C=O) groups excluding carboxylic acids is 1. The topological polar surface area (TPSA) is 108 Å². The summed E-state index contributed by atoms with van der Waals surface area (Å²) in [5.74, 6) is -1.28. The second kappa shape index (κ2) is 6.57. The predicted molar refractivity (Wildman–Crippen MR) is 101 cm³/mol. The molecule has 0 saturated carbocycles. The van der Waals surface area contributed by atoms with Gasteiger partial charge in [-0.15, -0.1) is 0 Å². The maximum absolute atomic E-state index is 12.8. The Morgan fingerprint density at radius 2 is 1.89 bits per heavy atom. The Balaban J connectivity index is 1.66. The van der Waals surface area contributed by atoms with Crippen molar-refractivity contribution >= 4 is 26.9 Å². The van der Waals surface area contributed by atoms with E-state index in [4.69, 9.17) is 0 Å². The van der Waals surface area contributed by atoms with Crippen LogP contribution in [0.3, 0.4) is 0 Å². The van der Waals surface area contributed by atoms with E-state index in [9.17, 15) is 23.1 Å². The van der Waals surface area contributed by atoms with Gasteiger partial charge in [0.05, 0.1) is 16.4 Å². The highest BCUT2D eigenvalue weighted by Gasteiger charge is 2.22. The van der Waals surface area contributed by atoms with Crippen molar-refractivity contribution in [1.82, 2.24) is 9.29 Å². The first-order valence-corrected chi connectivity index (χ1v) is 10.2. The van der Waals surface area contributed by atoms with Gasteiger partial charge in [-0.2, -0.15) is 0 Å². The number of hydrogen-bond donors (Lipinski definition) is 1. The number of aromatic carboxylic acids is 1. The number of sulfonamides is 1. The number of nitrogens with one attached hydrogen (secondary N) is 1. The van der Waals surface area contributed by atoms with E-state index in [0.29, 0.717) is 18.5 Å². The highest BCUT2D eigenvalue weighted by molar-refractivity contribution is 7.89. The van der Waals surface area contributed by atoms with Crippen molar-refractivity contribution in [2.24, 2.45) is 0 Å². The molecule has 144 valence electrons. The van der Waals surface area contributed by atoms with Gasteiger partial charge in [-0.05, 0) is 47.7 Å². The molecule has 2 heterocycles. The van der Waals surface area contributed by atoms with Gasteiger partial charge in [-0.1, -0.05) is 24.3 Å². The van der Waals surface area contributed by atoms with Crippen molar-refractivity contribution in [2.75, 3.05) is 0 Å². The molecule has 4 rings (SSSR count). The number of carbonyl (C=O) groups is 1. The minimum Gasteiger partial charge on any atom is -0.545 e. The van der Waals surface area contributed by atoms with Crippen LogP contribution in [0.25, 0.3) is 10.9 Å². The molecule has 28 heavy (non-hydrogen) atoms. The zero-order chi connectivity index (χ0) is 20.1. The summed E-state index contributed by atoms with van der Waals surface area (Å²) >= 11 is 0. The van der Waals surface area contributed by atoms with E-state index in [1.54, 1.807) is 23.6 Å². The van der Waals surface area contributed by atoms with Crippen LogP contribution in [0.4, 0.5) is 0 Å². The number of aryl methyl sites for hydroxylation is 3. The first kappa shape index (κ1) is 18.4. The predicted octanol–water partition coefficient (Wildman–Crippen LogP) is 0.708. The van der Waals surface area contributed by atoms with Crippen LogP contribution >= 0.6 is 0 Å². The highest BCUT2D eigenvalue weighted by atomic mass is 32.2. The summed E-state index contributed by atoms with van der Waals surface area (Å²) in [6.45, 7) is 2.38. The molecule has 1 aromatic heterocycles. The van der Waals surface area contributed by atoms with Crippen molar-refractivity contribution in [3.05, 3.63) is 75.1 Å². The third kappa shape index (κ3) is 3.10. The van der Waals surface area contributed by atoms with Crippen molar-refractivity contribution in [3.8, 4) is 0 Å². The fourth-order valence-corrected chi connectivity index (χ4v) is 4.65. The summed E-state index contributed by atoms with van der Waals surface area (Å²) in [4.78, 5) is 23.1. The normalized spacial score (nSPS) is 13.2. The van der Waals surface area contributed by atoms with Gasteiger partial charge in [0.25, 0.3) is 5.56 Å². The number of rotatable bonds is 5. The number of benzene rings is 2. The molecule has 8 heteroatoms. The summed E-state index contributed by atoms with van der Waals surface area (Å²) < 4.78 is 29.8. The zero-order valence-corrected chi connectivity index (χ0v) is 15.9. The SMILES string of the molecule is Cc1cc(=O)n2c3c(cc(S(=O)(=O)NCc4ccc(C(=O)[O-])cc4)cc13)CC2. The van der Waals surface area contributed by atoms with Gasteiger partial charge in [0.2, 0.25) is 10.0 Å². The quantitative estimate of drug-likeness (QED) is 0.682. The van der Waals surface area contributed by atoms with E-state index < -0.39 is 16.0 Å². The molecule has 0 saturated heterocycles.